The maximum atomic E-state index is 12.4. The van der Waals surface area contributed by atoms with Crippen LogP contribution in [0.3, 0.4) is 0 Å². The lowest BCUT2D eigenvalue weighted by Gasteiger charge is -2.21. The lowest BCUT2D eigenvalue weighted by atomic mass is 10.2. The first kappa shape index (κ1) is 13.4. The van der Waals surface area contributed by atoms with Gasteiger partial charge in [-0.1, -0.05) is 13.3 Å². The van der Waals surface area contributed by atoms with Gasteiger partial charge in [0.15, 0.2) is 4.91 Å². The zero-order valence-electron chi connectivity index (χ0n) is 10.7. The Morgan fingerprint density at radius 2 is 2.16 bits per heavy atom. The van der Waals surface area contributed by atoms with Gasteiger partial charge >= 0.3 is 0 Å². The number of ether oxygens (including phenoxy) is 1. The van der Waals surface area contributed by atoms with E-state index >= 15 is 0 Å². The first-order chi connectivity index (χ1) is 9.04. The molecule has 1 N–H and O–H groups in total. The van der Waals surface area contributed by atoms with Gasteiger partial charge in [-0.05, 0) is 18.6 Å². The Labute approximate surface area is 112 Å². The number of benzene rings is 1. The monoisotopic (exact) mass is 278 g/mol. The van der Waals surface area contributed by atoms with Gasteiger partial charge in [-0.15, -0.1) is 0 Å². The van der Waals surface area contributed by atoms with Crippen molar-refractivity contribution in [3.05, 3.63) is 28.8 Å². The highest BCUT2D eigenvalue weighted by atomic mass is 32.2. The Balaban J connectivity index is 2.65. The second-order valence-electron chi connectivity index (χ2n) is 4.16. The van der Waals surface area contributed by atoms with Crippen molar-refractivity contribution in [2.45, 2.75) is 24.7 Å². The summed E-state index contributed by atoms with van der Waals surface area (Å²) < 4.78 is 29.9. The molecule has 1 aromatic carbocycles. The van der Waals surface area contributed by atoms with Crippen molar-refractivity contribution in [1.29, 1.82) is 5.26 Å². The molecule has 100 valence electrons. The number of hydrogen-bond acceptors (Lipinski definition) is 5. The molecule has 0 aliphatic carbocycles. The van der Waals surface area contributed by atoms with Crippen LogP contribution in [0, 0.1) is 11.3 Å². The molecule has 0 saturated carbocycles. The number of sulfone groups is 1. The Hall–Kier alpha value is -2.00. The summed E-state index contributed by atoms with van der Waals surface area (Å²) >= 11 is 0. The molecule has 0 amide bonds. The molecule has 2 rings (SSSR count). The number of anilines is 1. The molecular weight excluding hydrogens is 264 g/mol. The Morgan fingerprint density at radius 3 is 2.74 bits per heavy atom. The molecule has 0 unspecified atom stereocenters. The van der Waals surface area contributed by atoms with Gasteiger partial charge < -0.3 is 10.1 Å². The van der Waals surface area contributed by atoms with Crippen LogP contribution in [0.1, 0.15) is 19.8 Å². The molecular formula is C13H14N2O3S. The van der Waals surface area contributed by atoms with Crippen LogP contribution in [0.25, 0.3) is 0 Å². The Morgan fingerprint density at radius 1 is 1.42 bits per heavy atom. The fraction of sp³-hybridized carbons (Fsp3) is 0.308. The van der Waals surface area contributed by atoms with E-state index in [1.165, 1.54) is 13.2 Å². The molecule has 0 aromatic heterocycles. The highest BCUT2D eigenvalue weighted by Crippen LogP contribution is 2.37. The molecule has 0 bridgehead atoms. The highest BCUT2D eigenvalue weighted by molar-refractivity contribution is 7.95. The van der Waals surface area contributed by atoms with Gasteiger partial charge in [0.2, 0.25) is 9.84 Å². The van der Waals surface area contributed by atoms with Gasteiger partial charge in [0.05, 0.1) is 17.7 Å². The largest absolute Gasteiger partial charge is 0.497 e. The quantitative estimate of drug-likeness (QED) is 0.918. The first-order valence-electron chi connectivity index (χ1n) is 5.88. The summed E-state index contributed by atoms with van der Waals surface area (Å²) in [5, 5.41) is 12.1. The molecule has 0 saturated heterocycles. The van der Waals surface area contributed by atoms with Gasteiger partial charge in [0.25, 0.3) is 0 Å². The third-order valence-electron chi connectivity index (χ3n) is 2.91. The minimum atomic E-state index is -3.76. The van der Waals surface area contributed by atoms with Crippen LogP contribution in [0.2, 0.25) is 0 Å². The number of nitrogens with zero attached hydrogens (tertiary/aromatic N) is 1. The zero-order valence-corrected chi connectivity index (χ0v) is 11.5. The molecule has 0 spiro atoms. The molecule has 5 nitrogen and oxygen atoms in total. The number of hydrogen-bond donors (Lipinski definition) is 1. The summed E-state index contributed by atoms with van der Waals surface area (Å²) in [4.78, 5) is -0.113. The van der Waals surface area contributed by atoms with Crippen molar-refractivity contribution in [1.82, 2.24) is 0 Å². The summed E-state index contributed by atoms with van der Waals surface area (Å²) in [5.41, 5.74) is 0.950. The van der Waals surface area contributed by atoms with Crippen molar-refractivity contribution in [3.8, 4) is 11.8 Å². The van der Waals surface area contributed by atoms with Crippen LogP contribution in [0.5, 0.6) is 5.75 Å². The van der Waals surface area contributed by atoms with Crippen molar-refractivity contribution in [2.24, 2.45) is 0 Å². The molecule has 6 heteroatoms. The van der Waals surface area contributed by atoms with Crippen LogP contribution < -0.4 is 10.1 Å². The summed E-state index contributed by atoms with van der Waals surface area (Å²) in [6.45, 7) is 1.93. The Bertz CT molecular complexity index is 684. The fourth-order valence-electron chi connectivity index (χ4n) is 2.00. The van der Waals surface area contributed by atoms with Crippen molar-refractivity contribution < 1.29 is 13.2 Å². The van der Waals surface area contributed by atoms with Gasteiger partial charge in [-0.2, -0.15) is 5.26 Å². The summed E-state index contributed by atoms with van der Waals surface area (Å²) in [6.07, 6.45) is 1.28. The number of allylic oxidation sites excluding steroid dienone is 2. The van der Waals surface area contributed by atoms with Crippen molar-refractivity contribution in [2.75, 3.05) is 12.4 Å². The molecule has 0 fully saturated rings. The van der Waals surface area contributed by atoms with E-state index in [0.717, 1.165) is 6.42 Å². The number of rotatable bonds is 3. The molecule has 0 atom stereocenters. The zero-order chi connectivity index (χ0) is 14.0. The van der Waals surface area contributed by atoms with Crippen molar-refractivity contribution >= 4 is 15.5 Å². The Kier molecular flexibility index (Phi) is 3.49. The highest BCUT2D eigenvalue weighted by Gasteiger charge is 2.32. The van der Waals surface area contributed by atoms with E-state index in [2.05, 4.69) is 5.32 Å². The van der Waals surface area contributed by atoms with Gasteiger partial charge in [-0.3, -0.25) is 0 Å². The van der Waals surface area contributed by atoms with Gasteiger partial charge in [-0.25, -0.2) is 8.42 Å². The van der Waals surface area contributed by atoms with Crippen molar-refractivity contribution in [3.63, 3.8) is 0 Å². The SMILES string of the molecule is CCCC1=C(C#N)S(=O)(=O)c2cc(OC)ccc2N1. The predicted molar refractivity (Wildman–Crippen MR) is 71.3 cm³/mol. The van der Waals surface area contributed by atoms with Crippen LogP contribution in [-0.2, 0) is 9.84 Å². The van der Waals surface area contributed by atoms with E-state index in [-0.39, 0.29) is 9.80 Å². The molecule has 1 aliphatic rings. The number of nitriles is 1. The normalized spacial score (nSPS) is 16.3. The minimum Gasteiger partial charge on any atom is -0.497 e. The standard InChI is InChI=1S/C13H14N2O3S/c1-3-4-10-13(8-14)19(16,17)12-7-9(18-2)5-6-11(12)15-10/h5-7,15H,3-4H2,1-2H3. The van der Waals surface area contributed by atoms with Crippen LogP contribution in [0.15, 0.2) is 33.7 Å². The molecule has 1 heterocycles. The van der Waals surface area contributed by atoms with E-state index in [9.17, 15) is 8.42 Å². The van der Waals surface area contributed by atoms with E-state index < -0.39 is 9.84 Å². The molecule has 1 aromatic rings. The molecule has 1 aliphatic heterocycles. The smallest absolute Gasteiger partial charge is 0.220 e. The molecule has 19 heavy (non-hydrogen) atoms. The second-order valence-corrected chi connectivity index (χ2v) is 6.01. The van der Waals surface area contributed by atoms with Gasteiger partial charge in [0, 0.05) is 11.8 Å². The number of methoxy groups -OCH3 is 1. The van der Waals surface area contributed by atoms with Crippen LogP contribution in [-0.4, -0.2) is 15.5 Å². The van der Waals surface area contributed by atoms with Crippen LogP contribution in [0.4, 0.5) is 5.69 Å². The number of fused-ring (bicyclic) bond motifs is 1. The van der Waals surface area contributed by atoms with E-state index in [4.69, 9.17) is 10.00 Å². The fourth-order valence-corrected chi connectivity index (χ4v) is 3.50. The van der Waals surface area contributed by atoms with E-state index in [1.807, 2.05) is 6.92 Å². The lowest BCUT2D eigenvalue weighted by molar-refractivity contribution is 0.413. The van der Waals surface area contributed by atoms with E-state index in [1.54, 1.807) is 18.2 Å². The maximum absolute atomic E-state index is 12.4. The lowest BCUT2D eigenvalue weighted by Crippen LogP contribution is -2.18. The average Bonchev–Trinajstić information content (AvgIpc) is 2.39. The average molecular weight is 278 g/mol. The predicted octanol–water partition coefficient (Wildman–Crippen LogP) is 2.43. The first-order valence-corrected chi connectivity index (χ1v) is 7.36. The topological polar surface area (TPSA) is 79.2 Å². The molecule has 0 radical (unpaired) electrons. The summed E-state index contributed by atoms with van der Waals surface area (Å²) in [6, 6.07) is 6.56. The third-order valence-corrected chi connectivity index (χ3v) is 4.70. The van der Waals surface area contributed by atoms with Crippen LogP contribution >= 0.6 is 0 Å². The second kappa shape index (κ2) is 4.94. The third kappa shape index (κ3) is 2.17. The number of nitrogens with one attached hydrogen (secondary N) is 1. The minimum absolute atomic E-state index is 0.0863. The summed E-state index contributed by atoms with van der Waals surface area (Å²) in [5.74, 6) is 0.445. The maximum Gasteiger partial charge on any atom is 0.220 e. The van der Waals surface area contributed by atoms with Gasteiger partial charge in [0.1, 0.15) is 11.8 Å². The van der Waals surface area contributed by atoms with E-state index in [0.29, 0.717) is 23.6 Å². The summed E-state index contributed by atoms with van der Waals surface area (Å²) in [7, 11) is -2.29.